The van der Waals surface area contributed by atoms with E-state index in [0.717, 1.165) is 11.3 Å². The van der Waals surface area contributed by atoms with Gasteiger partial charge in [-0.25, -0.2) is 4.79 Å². The van der Waals surface area contributed by atoms with Gasteiger partial charge in [-0.1, -0.05) is 11.3 Å². The number of esters is 2. The Kier molecular flexibility index (Phi) is 6.09. The predicted octanol–water partition coefficient (Wildman–Crippen LogP) is 1.37. The molecule has 0 radical (unpaired) electrons. The molecule has 148 valence electrons. The first kappa shape index (κ1) is 19.6. The summed E-state index contributed by atoms with van der Waals surface area (Å²) in [6, 6.07) is 4.89. The SMILES string of the molecule is CCOC(=O)c1ccc2c(c1)sc(=NC(=O)C1=COCCO1)n2CC(=O)OC. The summed E-state index contributed by atoms with van der Waals surface area (Å²) in [7, 11) is 1.27. The van der Waals surface area contributed by atoms with E-state index in [-0.39, 0.29) is 30.3 Å². The van der Waals surface area contributed by atoms with Gasteiger partial charge in [-0.05, 0) is 25.1 Å². The Hall–Kier alpha value is -3.14. The number of hydrogen-bond donors (Lipinski definition) is 0. The Bertz CT molecular complexity index is 1020. The van der Waals surface area contributed by atoms with Crippen molar-refractivity contribution in [2.75, 3.05) is 26.9 Å². The van der Waals surface area contributed by atoms with Crippen molar-refractivity contribution in [1.82, 2.24) is 4.57 Å². The topological polar surface area (TPSA) is 105 Å². The van der Waals surface area contributed by atoms with E-state index in [9.17, 15) is 14.4 Å². The lowest BCUT2D eigenvalue weighted by molar-refractivity contribution is -0.141. The van der Waals surface area contributed by atoms with Gasteiger partial charge in [-0.2, -0.15) is 4.99 Å². The molecule has 0 saturated carbocycles. The standard InChI is InChI=1S/C18H18N2O7S/c1-3-26-17(23)11-4-5-12-14(8-11)28-18(20(12)9-15(21)24-2)19-16(22)13-10-25-6-7-27-13/h4-5,8,10H,3,6-7,9H2,1-2H3. The highest BCUT2D eigenvalue weighted by molar-refractivity contribution is 7.16. The molecule has 28 heavy (non-hydrogen) atoms. The van der Waals surface area contributed by atoms with Crippen molar-refractivity contribution in [2.24, 2.45) is 4.99 Å². The molecule has 0 fully saturated rings. The fourth-order valence-electron chi connectivity index (χ4n) is 2.47. The number of amides is 1. The van der Waals surface area contributed by atoms with Crippen molar-refractivity contribution in [2.45, 2.75) is 13.5 Å². The first-order valence-electron chi connectivity index (χ1n) is 8.44. The number of carbonyl (C=O) groups is 3. The Balaban J connectivity index is 2.08. The largest absolute Gasteiger partial charge is 0.494 e. The molecule has 0 unspecified atom stereocenters. The lowest BCUT2D eigenvalue weighted by Crippen LogP contribution is -2.23. The minimum absolute atomic E-state index is 0.0134. The number of nitrogens with zero attached hydrogens (tertiary/aromatic N) is 2. The van der Waals surface area contributed by atoms with Gasteiger partial charge in [0.15, 0.2) is 4.80 Å². The van der Waals surface area contributed by atoms with Gasteiger partial charge >= 0.3 is 17.8 Å². The van der Waals surface area contributed by atoms with Crippen LogP contribution in [0.25, 0.3) is 10.2 Å². The summed E-state index contributed by atoms with van der Waals surface area (Å²) in [5, 5.41) is 0. The Morgan fingerprint density at radius 1 is 1.29 bits per heavy atom. The van der Waals surface area contributed by atoms with Crippen LogP contribution in [-0.4, -0.2) is 49.3 Å². The number of benzene rings is 1. The third-order valence-electron chi connectivity index (χ3n) is 3.77. The molecule has 0 aliphatic carbocycles. The van der Waals surface area contributed by atoms with Crippen LogP contribution < -0.4 is 4.80 Å². The Labute approximate surface area is 163 Å². The third kappa shape index (κ3) is 4.22. The van der Waals surface area contributed by atoms with E-state index in [0.29, 0.717) is 22.4 Å². The molecule has 1 aliphatic rings. The van der Waals surface area contributed by atoms with Crippen molar-refractivity contribution in [3.05, 3.63) is 40.6 Å². The van der Waals surface area contributed by atoms with Crippen molar-refractivity contribution >= 4 is 39.4 Å². The van der Waals surface area contributed by atoms with Crippen molar-refractivity contribution in [1.29, 1.82) is 0 Å². The highest BCUT2D eigenvalue weighted by Gasteiger charge is 2.18. The van der Waals surface area contributed by atoms with Crippen LogP contribution in [0.2, 0.25) is 0 Å². The van der Waals surface area contributed by atoms with Crippen LogP contribution in [0.15, 0.2) is 35.2 Å². The van der Waals surface area contributed by atoms with Crippen LogP contribution in [-0.2, 0) is 35.1 Å². The molecule has 0 N–H and O–H groups in total. The number of rotatable bonds is 5. The highest BCUT2D eigenvalue weighted by atomic mass is 32.1. The second-order valence-corrected chi connectivity index (χ2v) is 6.58. The molecule has 10 heteroatoms. The number of ether oxygens (including phenoxy) is 4. The zero-order chi connectivity index (χ0) is 20.1. The quantitative estimate of drug-likeness (QED) is 0.691. The molecule has 0 saturated heterocycles. The summed E-state index contributed by atoms with van der Waals surface area (Å²) >= 11 is 1.15. The number of thiazole rings is 1. The summed E-state index contributed by atoms with van der Waals surface area (Å²) in [5.41, 5.74) is 0.996. The van der Waals surface area contributed by atoms with Crippen LogP contribution in [0, 0.1) is 0 Å². The maximum Gasteiger partial charge on any atom is 0.338 e. The number of methoxy groups -OCH3 is 1. The van der Waals surface area contributed by atoms with Crippen LogP contribution in [0.1, 0.15) is 17.3 Å². The van der Waals surface area contributed by atoms with E-state index in [2.05, 4.69) is 4.99 Å². The van der Waals surface area contributed by atoms with Crippen LogP contribution in [0.5, 0.6) is 0 Å². The predicted molar refractivity (Wildman–Crippen MR) is 98.3 cm³/mol. The van der Waals surface area contributed by atoms with Gasteiger partial charge in [-0.15, -0.1) is 0 Å². The molecule has 2 heterocycles. The fourth-order valence-corrected chi connectivity index (χ4v) is 3.54. The van der Waals surface area contributed by atoms with E-state index in [1.807, 2.05) is 0 Å². The van der Waals surface area contributed by atoms with Gasteiger partial charge < -0.3 is 23.5 Å². The summed E-state index contributed by atoms with van der Waals surface area (Å²) in [6.07, 6.45) is 1.21. The van der Waals surface area contributed by atoms with E-state index in [1.165, 1.54) is 13.4 Å². The monoisotopic (exact) mass is 406 g/mol. The van der Waals surface area contributed by atoms with Gasteiger partial charge in [0.2, 0.25) is 5.76 Å². The first-order valence-corrected chi connectivity index (χ1v) is 9.26. The minimum atomic E-state index is -0.629. The van der Waals surface area contributed by atoms with Crippen molar-refractivity contribution in [3.63, 3.8) is 0 Å². The van der Waals surface area contributed by atoms with Gasteiger partial charge in [0.1, 0.15) is 26.0 Å². The fraction of sp³-hybridized carbons (Fsp3) is 0.333. The van der Waals surface area contributed by atoms with Crippen LogP contribution in [0.3, 0.4) is 0 Å². The first-order chi connectivity index (χ1) is 13.5. The number of fused-ring (bicyclic) bond motifs is 1. The maximum absolute atomic E-state index is 12.4. The molecule has 1 aromatic heterocycles. The van der Waals surface area contributed by atoms with Gasteiger partial charge in [-0.3, -0.25) is 9.59 Å². The summed E-state index contributed by atoms with van der Waals surface area (Å²) < 4.78 is 22.3. The number of hydrogen-bond acceptors (Lipinski definition) is 8. The molecule has 1 aliphatic heterocycles. The maximum atomic E-state index is 12.4. The average Bonchev–Trinajstić information content (AvgIpc) is 3.04. The third-order valence-corrected chi connectivity index (χ3v) is 4.81. The summed E-state index contributed by atoms with van der Waals surface area (Å²) in [5.74, 6) is -1.60. The normalized spacial score (nSPS) is 14.1. The lowest BCUT2D eigenvalue weighted by atomic mass is 10.2. The Morgan fingerprint density at radius 2 is 2.11 bits per heavy atom. The Morgan fingerprint density at radius 3 is 2.79 bits per heavy atom. The molecule has 1 aromatic carbocycles. The van der Waals surface area contributed by atoms with E-state index in [1.54, 1.807) is 29.7 Å². The molecule has 9 nitrogen and oxygen atoms in total. The molecule has 0 bridgehead atoms. The average molecular weight is 406 g/mol. The number of carbonyl (C=O) groups excluding carboxylic acids is 3. The van der Waals surface area contributed by atoms with E-state index >= 15 is 0 Å². The second kappa shape index (κ2) is 8.70. The zero-order valence-electron chi connectivity index (χ0n) is 15.3. The summed E-state index contributed by atoms with van der Waals surface area (Å²) in [4.78, 5) is 40.5. The van der Waals surface area contributed by atoms with Crippen LogP contribution in [0.4, 0.5) is 0 Å². The van der Waals surface area contributed by atoms with Crippen molar-refractivity contribution in [3.8, 4) is 0 Å². The molecular weight excluding hydrogens is 388 g/mol. The minimum Gasteiger partial charge on any atom is -0.494 e. The zero-order valence-corrected chi connectivity index (χ0v) is 16.1. The molecule has 1 amide bonds. The molecular formula is C18H18N2O7S. The molecule has 0 spiro atoms. The van der Waals surface area contributed by atoms with E-state index < -0.39 is 17.8 Å². The molecule has 3 rings (SSSR count). The van der Waals surface area contributed by atoms with Gasteiger partial charge in [0.05, 0.1) is 29.5 Å². The second-order valence-electron chi connectivity index (χ2n) is 5.57. The summed E-state index contributed by atoms with van der Waals surface area (Å²) in [6.45, 7) is 2.46. The highest BCUT2D eigenvalue weighted by Crippen LogP contribution is 2.20. The molecule has 0 atom stereocenters. The van der Waals surface area contributed by atoms with Crippen LogP contribution >= 0.6 is 11.3 Å². The smallest absolute Gasteiger partial charge is 0.338 e. The number of aromatic nitrogens is 1. The van der Waals surface area contributed by atoms with E-state index in [4.69, 9.17) is 18.9 Å². The lowest BCUT2D eigenvalue weighted by Gasteiger charge is -2.12. The van der Waals surface area contributed by atoms with Gasteiger partial charge in [0, 0.05) is 0 Å². The van der Waals surface area contributed by atoms with Crippen molar-refractivity contribution < 1.29 is 33.3 Å². The van der Waals surface area contributed by atoms with Gasteiger partial charge in [0.25, 0.3) is 0 Å². The molecule has 2 aromatic rings.